The summed E-state index contributed by atoms with van der Waals surface area (Å²) in [5, 5.41) is 3.19. The Morgan fingerprint density at radius 2 is 2.04 bits per heavy atom. The van der Waals surface area contributed by atoms with Crippen LogP contribution in [0.2, 0.25) is 0 Å². The van der Waals surface area contributed by atoms with Gasteiger partial charge in [-0.25, -0.2) is 0 Å². The van der Waals surface area contributed by atoms with E-state index in [1.165, 1.54) is 19.3 Å². The van der Waals surface area contributed by atoms with E-state index in [9.17, 15) is 4.79 Å². The van der Waals surface area contributed by atoms with Crippen molar-refractivity contribution in [3.63, 3.8) is 0 Å². The summed E-state index contributed by atoms with van der Waals surface area (Å²) in [4.78, 5) is 12.6. The lowest BCUT2D eigenvalue weighted by atomic mass is 9.94. The van der Waals surface area contributed by atoms with Crippen LogP contribution in [-0.4, -0.2) is 23.7 Å². The normalized spacial score (nSPS) is 21.3. The van der Waals surface area contributed by atoms with Crippen LogP contribution < -0.4 is 5.32 Å². The number of ether oxygens (including phenoxy) is 1. The van der Waals surface area contributed by atoms with Gasteiger partial charge in [0.25, 0.3) is 0 Å². The van der Waals surface area contributed by atoms with E-state index in [1.54, 1.807) is 0 Å². The Morgan fingerprint density at radius 3 is 2.70 bits per heavy atom. The second-order valence-corrected chi connectivity index (χ2v) is 7.39. The smallest absolute Gasteiger partial charge is 0.226 e. The third kappa shape index (κ3) is 7.40. The molecule has 0 fully saturated rings. The maximum absolute atomic E-state index is 12.6. The second kappa shape index (κ2) is 9.98. The van der Waals surface area contributed by atoms with Crippen molar-refractivity contribution in [2.24, 2.45) is 5.92 Å². The van der Waals surface area contributed by atoms with Gasteiger partial charge in [0.05, 0.1) is 12.0 Å². The molecule has 3 nitrogen and oxygen atoms in total. The summed E-state index contributed by atoms with van der Waals surface area (Å²) in [6.45, 7) is 10.4. The third-order valence-electron chi connectivity index (χ3n) is 4.59. The molecule has 1 aliphatic carbocycles. The Hall–Kier alpha value is -1.01. The van der Waals surface area contributed by atoms with Crippen LogP contribution in [0.1, 0.15) is 86.0 Å². The molecule has 0 radical (unpaired) electrons. The summed E-state index contributed by atoms with van der Waals surface area (Å²) in [5.41, 5.74) is -0.154. The highest BCUT2D eigenvalue weighted by Gasteiger charge is 2.29. The average Bonchev–Trinajstić information content (AvgIpc) is 2.41. The van der Waals surface area contributed by atoms with Crippen LogP contribution in [0.15, 0.2) is 0 Å². The number of rotatable bonds is 8. The molecule has 3 atom stereocenters. The van der Waals surface area contributed by atoms with Crippen molar-refractivity contribution in [3.8, 4) is 11.8 Å². The Balaban J connectivity index is 2.62. The van der Waals surface area contributed by atoms with Crippen LogP contribution in [0.4, 0.5) is 0 Å². The molecule has 0 aromatic heterocycles. The first kappa shape index (κ1) is 20.0. The maximum Gasteiger partial charge on any atom is 0.226 e. The predicted octanol–water partition coefficient (Wildman–Crippen LogP) is 4.45. The fourth-order valence-corrected chi connectivity index (χ4v) is 3.28. The average molecular weight is 322 g/mol. The molecule has 3 heteroatoms. The van der Waals surface area contributed by atoms with Crippen molar-refractivity contribution in [1.29, 1.82) is 0 Å². The summed E-state index contributed by atoms with van der Waals surface area (Å²) < 4.78 is 6.14. The molecule has 0 aliphatic heterocycles. The first-order chi connectivity index (χ1) is 10.9. The molecule has 0 aromatic carbocycles. The van der Waals surface area contributed by atoms with Gasteiger partial charge in [-0.05, 0) is 52.9 Å². The molecule has 0 spiro atoms. The van der Waals surface area contributed by atoms with Gasteiger partial charge in [0.1, 0.15) is 6.10 Å². The Kier molecular flexibility index (Phi) is 8.69. The third-order valence-corrected chi connectivity index (χ3v) is 4.59. The topological polar surface area (TPSA) is 38.3 Å². The van der Waals surface area contributed by atoms with E-state index >= 15 is 0 Å². The Labute approximate surface area is 142 Å². The van der Waals surface area contributed by atoms with Gasteiger partial charge < -0.3 is 10.1 Å². The fourth-order valence-electron chi connectivity index (χ4n) is 3.28. The summed E-state index contributed by atoms with van der Waals surface area (Å²) in [5.74, 6) is 6.44. The van der Waals surface area contributed by atoms with E-state index in [0.717, 1.165) is 32.1 Å². The molecule has 0 saturated carbocycles. The van der Waals surface area contributed by atoms with Crippen LogP contribution in [0, 0.1) is 17.8 Å². The molecule has 0 saturated heterocycles. The fraction of sp³-hybridized carbons (Fsp3) is 0.850. The molecule has 1 amide bonds. The largest absolute Gasteiger partial charge is 0.362 e. The second-order valence-electron chi connectivity index (χ2n) is 7.39. The molecule has 0 bridgehead atoms. The summed E-state index contributed by atoms with van der Waals surface area (Å²) in [6, 6.07) is 0. The zero-order valence-corrected chi connectivity index (χ0v) is 15.7. The SMILES string of the molecule is CCCC(C)(C)NC(=O)C(CC)C(C)OC1C#CCCCCC1. The van der Waals surface area contributed by atoms with Crippen molar-refractivity contribution in [2.45, 2.75) is 104 Å². The molecule has 0 heterocycles. The molecular weight excluding hydrogens is 286 g/mol. The van der Waals surface area contributed by atoms with Crippen molar-refractivity contribution in [3.05, 3.63) is 0 Å². The van der Waals surface area contributed by atoms with E-state index in [1.807, 2.05) is 6.92 Å². The molecule has 1 aliphatic rings. The van der Waals surface area contributed by atoms with Gasteiger partial charge in [-0.3, -0.25) is 4.79 Å². The van der Waals surface area contributed by atoms with Crippen molar-refractivity contribution >= 4 is 5.91 Å². The highest BCUT2D eigenvalue weighted by atomic mass is 16.5. The van der Waals surface area contributed by atoms with Crippen LogP contribution >= 0.6 is 0 Å². The Morgan fingerprint density at radius 1 is 1.30 bits per heavy atom. The molecule has 132 valence electrons. The van der Waals surface area contributed by atoms with Crippen molar-refractivity contribution < 1.29 is 9.53 Å². The quantitative estimate of drug-likeness (QED) is 0.671. The van der Waals surface area contributed by atoms with Crippen LogP contribution in [0.25, 0.3) is 0 Å². The van der Waals surface area contributed by atoms with Gasteiger partial charge >= 0.3 is 0 Å². The lowest BCUT2D eigenvalue weighted by Crippen LogP contribution is -2.48. The molecule has 1 rings (SSSR count). The summed E-state index contributed by atoms with van der Waals surface area (Å²) in [6.07, 6.45) is 8.26. The zero-order chi connectivity index (χ0) is 17.3. The van der Waals surface area contributed by atoms with E-state index in [0.29, 0.717) is 0 Å². The molecule has 3 unspecified atom stereocenters. The maximum atomic E-state index is 12.6. The molecule has 0 aromatic rings. The van der Waals surface area contributed by atoms with E-state index in [-0.39, 0.29) is 29.6 Å². The summed E-state index contributed by atoms with van der Waals surface area (Å²) >= 11 is 0. The van der Waals surface area contributed by atoms with Gasteiger partial charge in [0, 0.05) is 12.0 Å². The number of amides is 1. The number of carbonyl (C=O) groups excluding carboxylic acids is 1. The van der Waals surface area contributed by atoms with Gasteiger partial charge in [-0.1, -0.05) is 32.6 Å². The van der Waals surface area contributed by atoms with Gasteiger partial charge in [0.15, 0.2) is 0 Å². The van der Waals surface area contributed by atoms with E-state index in [4.69, 9.17) is 4.74 Å². The van der Waals surface area contributed by atoms with E-state index in [2.05, 4.69) is 44.9 Å². The summed E-state index contributed by atoms with van der Waals surface area (Å²) in [7, 11) is 0. The molecule has 1 N–H and O–H groups in total. The zero-order valence-electron chi connectivity index (χ0n) is 15.7. The van der Waals surface area contributed by atoms with Crippen molar-refractivity contribution in [1.82, 2.24) is 5.32 Å². The van der Waals surface area contributed by atoms with Gasteiger partial charge in [0.2, 0.25) is 5.91 Å². The van der Waals surface area contributed by atoms with Gasteiger partial charge in [-0.2, -0.15) is 0 Å². The minimum atomic E-state index is -0.154. The number of hydrogen-bond donors (Lipinski definition) is 1. The van der Waals surface area contributed by atoms with E-state index < -0.39 is 0 Å². The highest BCUT2D eigenvalue weighted by Crippen LogP contribution is 2.20. The predicted molar refractivity (Wildman–Crippen MR) is 96.1 cm³/mol. The highest BCUT2D eigenvalue weighted by molar-refractivity contribution is 5.79. The number of hydrogen-bond acceptors (Lipinski definition) is 2. The number of nitrogens with one attached hydrogen (secondary N) is 1. The minimum Gasteiger partial charge on any atom is -0.362 e. The first-order valence-corrected chi connectivity index (χ1v) is 9.35. The van der Waals surface area contributed by atoms with Crippen LogP contribution in [-0.2, 0) is 9.53 Å². The minimum absolute atomic E-state index is 0.0178. The van der Waals surface area contributed by atoms with Crippen LogP contribution in [0.5, 0.6) is 0 Å². The van der Waals surface area contributed by atoms with Crippen LogP contribution in [0.3, 0.4) is 0 Å². The molecule has 23 heavy (non-hydrogen) atoms. The number of carbonyl (C=O) groups is 1. The standard InChI is InChI=1S/C20H35NO2/c1-6-15-20(4,5)21-19(22)18(7-2)16(3)23-17-13-11-9-8-10-12-14-17/h16-18H,6-11,13,15H2,1-5H3,(H,21,22). The lowest BCUT2D eigenvalue weighted by Gasteiger charge is -2.31. The monoisotopic (exact) mass is 321 g/mol. The van der Waals surface area contributed by atoms with Gasteiger partial charge in [-0.15, -0.1) is 5.92 Å². The van der Waals surface area contributed by atoms with Crippen molar-refractivity contribution in [2.75, 3.05) is 0 Å². The Bertz CT molecular complexity index is 419. The first-order valence-electron chi connectivity index (χ1n) is 9.35. The molecular formula is C20H35NO2. The lowest BCUT2D eigenvalue weighted by molar-refractivity contribution is -0.132.